The van der Waals surface area contributed by atoms with E-state index in [2.05, 4.69) is 15.2 Å². The van der Waals surface area contributed by atoms with E-state index in [1.54, 1.807) is 24.3 Å². The number of halogens is 2. The van der Waals surface area contributed by atoms with Crippen LogP contribution in [0.15, 0.2) is 48.5 Å². The predicted octanol–water partition coefficient (Wildman–Crippen LogP) is 3.58. The van der Waals surface area contributed by atoms with Crippen LogP contribution in [0.1, 0.15) is 5.69 Å². The molecule has 0 spiro atoms. The number of aromatic nitrogens is 1. The Morgan fingerprint density at radius 2 is 1.76 bits per heavy atom. The fourth-order valence-corrected chi connectivity index (χ4v) is 3.68. The Hall–Kier alpha value is -3.06. The Morgan fingerprint density at radius 1 is 1.03 bits per heavy atom. The maximum Gasteiger partial charge on any atom is 0.238 e. The van der Waals surface area contributed by atoms with Crippen LogP contribution in [0.4, 0.5) is 20.2 Å². The van der Waals surface area contributed by atoms with Crippen LogP contribution in [0.5, 0.6) is 0 Å². The van der Waals surface area contributed by atoms with Crippen LogP contribution in [0, 0.1) is 18.6 Å². The van der Waals surface area contributed by atoms with Crippen molar-refractivity contribution in [3.8, 4) is 0 Å². The average molecular weight is 396 g/mol. The summed E-state index contributed by atoms with van der Waals surface area (Å²) in [5.41, 5.74) is 2.30. The van der Waals surface area contributed by atoms with Crippen molar-refractivity contribution in [2.24, 2.45) is 0 Å². The van der Waals surface area contributed by atoms with Crippen molar-refractivity contribution in [2.75, 3.05) is 42.9 Å². The molecule has 5 nitrogen and oxygen atoms in total. The third-order valence-electron chi connectivity index (χ3n) is 5.12. The summed E-state index contributed by atoms with van der Waals surface area (Å²) in [4.78, 5) is 20.8. The first-order chi connectivity index (χ1) is 14.0. The van der Waals surface area contributed by atoms with Gasteiger partial charge in [0.15, 0.2) is 0 Å². The zero-order valence-electron chi connectivity index (χ0n) is 16.2. The van der Waals surface area contributed by atoms with Crippen molar-refractivity contribution in [1.82, 2.24) is 9.88 Å². The molecule has 2 heterocycles. The second kappa shape index (κ2) is 8.13. The lowest BCUT2D eigenvalue weighted by atomic mass is 10.1. The van der Waals surface area contributed by atoms with Crippen LogP contribution in [0.3, 0.4) is 0 Å². The number of para-hydroxylation sites is 2. The van der Waals surface area contributed by atoms with Gasteiger partial charge < -0.3 is 10.2 Å². The molecule has 1 saturated heterocycles. The number of amides is 1. The van der Waals surface area contributed by atoms with Crippen LogP contribution in [0.2, 0.25) is 0 Å². The van der Waals surface area contributed by atoms with Crippen molar-refractivity contribution < 1.29 is 13.6 Å². The van der Waals surface area contributed by atoms with Crippen molar-refractivity contribution >= 4 is 28.2 Å². The predicted molar refractivity (Wildman–Crippen MR) is 110 cm³/mol. The number of fused-ring (bicyclic) bond motifs is 1. The molecule has 4 rings (SSSR count). The van der Waals surface area contributed by atoms with Gasteiger partial charge >= 0.3 is 0 Å². The highest BCUT2D eigenvalue weighted by Crippen LogP contribution is 2.29. The van der Waals surface area contributed by atoms with E-state index in [1.165, 1.54) is 12.1 Å². The zero-order valence-corrected chi connectivity index (χ0v) is 16.2. The van der Waals surface area contributed by atoms with Crippen molar-refractivity contribution in [2.45, 2.75) is 6.92 Å². The quantitative estimate of drug-likeness (QED) is 0.732. The number of carbonyl (C=O) groups excluding carboxylic acids is 1. The lowest BCUT2D eigenvalue weighted by Gasteiger charge is -2.36. The topological polar surface area (TPSA) is 48.5 Å². The molecule has 150 valence electrons. The van der Waals surface area contributed by atoms with E-state index in [4.69, 9.17) is 0 Å². The van der Waals surface area contributed by atoms with Crippen LogP contribution in [-0.4, -0.2) is 48.5 Å². The third-order valence-corrected chi connectivity index (χ3v) is 5.12. The number of nitrogens with one attached hydrogen (secondary N) is 1. The number of nitrogens with zero attached hydrogens (tertiary/aromatic N) is 3. The first-order valence-corrected chi connectivity index (χ1v) is 9.59. The Morgan fingerprint density at radius 3 is 2.52 bits per heavy atom. The van der Waals surface area contributed by atoms with Gasteiger partial charge in [-0.15, -0.1) is 0 Å². The summed E-state index contributed by atoms with van der Waals surface area (Å²) in [7, 11) is 0. The molecule has 1 aliphatic rings. The fourth-order valence-electron chi connectivity index (χ4n) is 3.68. The SMILES string of the molecule is Cc1cc(N2CCN(CC(=O)Nc3ccccc3F)CC2)c2cccc(F)c2n1. The highest BCUT2D eigenvalue weighted by atomic mass is 19.1. The molecule has 3 aromatic rings. The molecule has 0 unspecified atom stereocenters. The summed E-state index contributed by atoms with van der Waals surface area (Å²) in [5.74, 6) is -1.01. The molecule has 1 aliphatic heterocycles. The monoisotopic (exact) mass is 396 g/mol. The zero-order chi connectivity index (χ0) is 20.4. The molecule has 2 aromatic carbocycles. The molecular formula is C22H22F2N4O. The number of aryl methyl sites for hydroxylation is 1. The number of carbonyl (C=O) groups is 1. The minimum Gasteiger partial charge on any atom is -0.368 e. The molecule has 1 amide bonds. The number of pyridine rings is 1. The summed E-state index contributed by atoms with van der Waals surface area (Å²) >= 11 is 0. The summed E-state index contributed by atoms with van der Waals surface area (Å²) in [6.45, 7) is 4.85. The van der Waals surface area contributed by atoms with Gasteiger partial charge in [-0.05, 0) is 31.2 Å². The Labute approximate surface area is 168 Å². The van der Waals surface area contributed by atoms with Gasteiger partial charge in [-0.2, -0.15) is 0 Å². The van der Waals surface area contributed by atoms with Crippen LogP contribution in [0.25, 0.3) is 10.9 Å². The normalized spacial score (nSPS) is 14.9. The van der Waals surface area contributed by atoms with E-state index in [0.717, 1.165) is 16.8 Å². The molecular weight excluding hydrogens is 374 g/mol. The van der Waals surface area contributed by atoms with E-state index in [0.29, 0.717) is 31.7 Å². The average Bonchev–Trinajstić information content (AvgIpc) is 2.70. The van der Waals surface area contributed by atoms with Crippen molar-refractivity contribution in [3.05, 3.63) is 65.9 Å². The van der Waals surface area contributed by atoms with Gasteiger partial charge in [0, 0.05) is 42.9 Å². The summed E-state index contributed by atoms with van der Waals surface area (Å²) in [5, 5.41) is 3.41. The minimum absolute atomic E-state index is 0.192. The molecule has 0 bridgehead atoms. The van der Waals surface area contributed by atoms with Gasteiger partial charge in [0.05, 0.1) is 12.2 Å². The summed E-state index contributed by atoms with van der Waals surface area (Å²) in [6.07, 6.45) is 0. The Balaban J connectivity index is 1.41. The molecule has 1 aromatic heterocycles. The van der Waals surface area contributed by atoms with Gasteiger partial charge in [-0.1, -0.05) is 24.3 Å². The van der Waals surface area contributed by atoms with E-state index >= 15 is 0 Å². The van der Waals surface area contributed by atoms with E-state index in [-0.39, 0.29) is 24.0 Å². The molecule has 29 heavy (non-hydrogen) atoms. The number of hydrogen-bond acceptors (Lipinski definition) is 4. The molecule has 7 heteroatoms. The Kier molecular flexibility index (Phi) is 5.40. The van der Waals surface area contributed by atoms with Crippen LogP contribution in [-0.2, 0) is 4.79 Å². The third kappa shape index (κ3) is 4.19. The fraction of sp³-hybridized carbons (Fsp3) is 0.273. The van der Waals surface area contributed by atoms with Gasteiger partial charge in [0.1, 0.15) is 17.2 Å². The first kappa shape index (κ1) is 19.3. The van der Waals surface area contributed by atoms with Crippen molar-refractivity contribution in [1.29, 1.82) is 0 Å². The summed E-state index contributed by atoms with van der Waals surface area (Å²) in [6, 6.07) is 13.1. The highest BCUT2D eigenvalue weighted by Gasteiger charge is 2.22. The van der Waals surface area contributed by atoms with E-state index in [1.807, 2.05) is 24.0 Å². The lowest BCUT2D eigenvalue weighted by molar-refractivity contribution is -0.117. The second-order valence-electron chi connectivity index (χ2n) is 7.21. The van der Waals surface area contributed by atoms with E-state index < -0.39 is 5.82 Å². The number of benzene rings is 2. The number of anilines is 2. The maximum absolute atomic E-state index is 14.2. The highest BCUT2D eigenvalue weighted by molar-refractivity contribution is 5.93. The minimum atomic E-state index is -0.446. The van der Waals surface area contributed by atoms with E-state index in [9.17, 15) is 13.6 Å². The smallest absolute Gasteiger partial charge is 0.238 e. The van der Waals surface area contributed by atoms with Gasteiger partial charge in [0.25, 0.3) is 0 Å². The second-order valence-corrected chi connectivity index (χ2v) is 7.21. The van der Waals surface area contributed by atoms with Crippen molar-refractivity contribution in [3.63, 3.8) is 0 Å². The number of piperazine rings is 1. The molecule has 1 N–H and O–H groups in total. The van der Waals surface area contributed by atoms with Crippen LogP contribution >= 0.6 is 0 Å². The van der Waals surface area contributed by atoms with Gasteiger partial charge in [0.2, 0.25) is 5.91 Å². The van der Waals surface area contributed by atoms with Crippen LogP contribution < -0.4 is 10.2 Å². The number of rotatable bonds is 4. The molecule has 0 saturated carbocycles. The molecule has 0 aliphatic carbocycles. The first-order valence-electron chi connectivity index (χ1n) is 9.59. The summed E-state index contributed by atoms with van der Waals surface area (Å²) < 4.78 is 27.9. The number of hydrogen-bond donors (Lipinski definition) is 1. The van der Waals surface area contributed by atoms with Gasteiger partial charge in [-0.25, -0.2) is 13.8 Å². The largest absolute Gasteiger partial charge is 0.368 e. The Bertz CT molecular complexity index is 1050. The molecule has 1 fully saturated rings. The molecule has 0 atom stereocenters. The standard InChI is InChI=1S/C22H22F2N4O/c1-15-13-20(16-5-4-7-18(24)22(16)25-15)28-11-9-27(10-12-28)14-21(29)26-19-8-3-2-6-17(19)23/h2-8,13H,9-12,14H2,1H3,(H,26,29). The molecule has 0 radical (unpaired) electrons. The lowest BCUT2D eigenvalue weighted by Crippen LogP contribution is -2.48. The van der Waals surface area contributed by atoms with Gasteiger partial charge in [-0.3, -0.25) is 9.69 Å². The maximum atomic E-state index is 14.2.